The normalized spacial score (nSPS) is 11.7. The monoisotopic (exact) mass is 324 g/mol. The van der Waals surface area contributed by atoms with E-state index in [1.165, 1.54) is 0 Å². The summed E-state index contributed by atoms with van der Waals surface area (Å²) in [6.45, 7) is 12.9. The molecule has 1 heterocycles. The Bertz CT molecular complexity index is 813. The first kappa shape index (κ1) is 17.3. The summed E-state index contributed by atoms with van der Waals surface area (Å²) >= 11 is 0. The van der Waals surface area contributed by atoms with Crippen LogP contribution in [0.4, 0.5) is 0 Å². The Labute approximate surface area is 139 Å². The molecule has 1 aromatic heterocycles. The minimum absolute atomic E-state index is 0.174. The Balaban J connectivity index is 2.52. The second-order valence-corrected chi connectivity index (χ2v) is 12.4. The molecule has 0 saturated carbocycles. The summed E-state index contributed by atoms with van der Waals surface area (Å²) in [6.07, 6.45) is 0. The fourth-order valence-corrected chi connectivity index (χ4v) is 2.75. The predicted octanol–water partition coefficient (Wildman–Crippen LogP) is 5.01. The van der Waals surface area contributed by atoms with Gasteiger partial charge in [0, 0.05) is 5.56 Å². The predicted molar refractivity (Wildman–Crippen MR) is 99.2 cm³/mol. The molecule has 0 spiro atoms. The molecule has 0 amide bonds. The fraction of sp³-hybridized carbons (Fsp3) is 0.350. The summed E-state index contributed by atoms with van der Waals surface area (Å²) in [6, 6.07) is 11.8. The molecule has 0 aliphatic carbocycles. The first-order valence-corrected chi connectivity index (χ1v) is 10.9. The van der Waals surface area contributed by atoms with Crippen LogP contribution in [0, 0.1) is 18.4 Å². The van der Waals surface area contributed by atoms with Gasteiger partial charge in [-0.2, -0.15) is 0 Å². The van der Waals surface area contributed by atoms with Crippen LogP contribution in [0.1, 0.15) is 32.1 Å². The lowest BCUT2D eigenvalue weighted by atomic mass is 10.0. The quantitative estimate of drug-likeness (QED) is 0.545. The van der Waals surface area contributed by atoms with Crippen molar-refractivity contribution in [3.63, 3.8) is 0 Å². The number of hydrogen-bond acceptors (Lipinski definition) is 2. The molecule has 2 aromatic rings. The van der Waals surface area contributed by atoms with E-state index in [2.05, 4.69) is 45.3 Å². The van der Waals surface area contributed by atoms with Crippen molar-refractivity contribution in [2.75, 3.05) is 0 Å². The van der Waals surface area contributed by atoms with E-state index in [0.717, 1.165) is 11.1 Å². The van der Waals surface area contributed by atoms with Crippen LogP contribution in [0.15, 0.2) is 45.6 Å². The number of benzene rings is 1. The molecule has 0 aliphatic rings. The summed E-state index contributed by atoms with van der Waals surface area (Å²) in [4.78, 5) is 12.1. The van der Waals surface area contributed by atoms with E-state index in [4.69, 9.17) is 4.42 Å². The molecule has 120 valence electrons. The van der Waals surface area contributed by atoms with Crippen LogP contribution < -0.4 is 5.63 Å². The second-order valence-electron chi connectivity index (χ2n) is 7.43. The highest BCUT2D eigenvalue weighted by molar-refractivity contribution is 6.87. The van der Waals surface area contributed by atoms with Gasteiger partial charge in [0.2, 0.25) is 0 Å². The zero-order valence-corrected chi connectivity index (χ0v) is 15.8. The van der Waals surface area contributed by atoms with Crippen LogP contribution in [0.3, 0.4) is 0 Å². The fourth-order valence-electron chi connectivity index (χ4n) is 1.94. The first-order chi connectivity index (χ1) is 10.6. The second kappa shape index (κ2) is 6.21. The standard InChI is InChI=1S/C20H24O2Si/c1-15-18(16-10-8-7-9-11-16)14-17(22-19(15)21)12-13-23(5,6)20(2,3)4/h7-11,14H,1-6H3. The molecule has 0 aliphatic heterocycles. The average molecular weight is 324 g/mol. The van der Waals surface area contributed by atoms with Crippen LogP contribution in [0.2, 0.25) is 18.1 Å². The maximum atomic E-state index is 12.1. The van der Waals surface area contributed by atoms with E-state index < -0.39 is 8.07 Å². The van der Waals surface area contributed by atoms with Gasteiger partial charge in [-0.1, -0.05) is 64.2 Å². The zero-order valence-electron chi connectivity index (χ0n) is 14.8. The van der Waals surface area contributed by atoms with Crippen LogP contribution in [-0.4, -0.2) is 8.07 Å². The summed E-state index contributed by atoms with van der Waals surface area (Å²) in [5.74, 6) is 3.56. The van der Waals surface area contributed by atoms with Gasteiger partial charge in [-0.25, -0.2) is 4.79 Å². The lowest BCUT2D eigenvalue weighted by Crippen LogP contribution is -2.35. The van der Waals surface area contributed by atoms with E-state index in [-0.39, 0.29) is 10.7 Å². The molecule has 0 N–H and O–H groups in total. The van der Waals surface area contributed by atoms with E-state index in [0.29, 0.717) is 11.3 Å². The van der Waals surface area contributed by atoms with Gasteiger partial charge >= 0.3 is 5.63 Å². The average Bonchev–Trinajstić information content (AvgIpc) is 2.48. The highest BCUT2D eigenvalue weighted by Gasteiger charge is 2.33. The van der Waals surface area contributed by atoms with Crippen LogP contribution >= 0.6 is 0 Å². The smallest absolute Gasteiger partial charge is 0.340 e. The van der Waals surface area contributed by atoms with E-state index in [1.54, 1.807) is 6.92 Å². The Morgan fingerprint density at radius 2 is 1.70 bits per heavy atom. The van der Waals surface area contributed by atoms with Gasteiger partial charge < -0.3 is 4.42 Å². The highest BCUT2D eigenvalue weighted by atomic mass is 28.3. The van der Waals surface area contributed by atoms with Crippen molar-refractivity contribution in [3.05, 3.63) is 58.1 Å². The molecule has 23 heavy (non-hydrogen) atoms. The molecule has 0 unspecified atom stereocenters. The van der Waals surface area contributed by atoms with Gasteiger partial charge in [0.15, 0.2) is 5.76 Å². The minimum atomic E-state index is -1.74. The van der Waals surface area contributed by atoms with Gasteiger partial charge in [-0.15, -0.1) is 5.54 Å². The summed E-state index contributed by atoms with van der Waals surface area (Å²) in [5, 5.41) is 0.174. The summed E-state index contributed by atoms with van der Waals surface area (Å²) in [5.41, 5.74) is 5.60. The molecule has 0 radical (unpaired) electrons. The first-order valence-electron chi connectivity index (χ1n) is 7.85. The molecule has 0 saturated heterocycles. The van der Waals surface area contributed by atoms with Crippen molar-refractivity contribution in [3.8, 4) is 22.6 Å². The maximum Gasteiger partial charge on any atom is 0.340 e. The van der Waals surface area contributed by atoms with Crippen molar-refractivity contribution < 1.29 is 4.42 Å². The molecule has 3 heteroatoms. The van der Waals surface area contributed by atoms with Crippen molar-refractivity contribution in [2.45, 2.75) is 45.8 Å². The summed E-state index contributed by atoms with van der Waals surface area (Å²) in [7, 11) is -1.74. The van der Waals surface area contributed by atoms with Crippen molar-refractivity contribution >= 4 is 8.07 Å². The van der Waals surface area contributed by atoms with Crippen LogP contribution in [-0.2, 0) is 0 Å². The van der Waals surface area contributed by atoms with Gasteiger partial charge in [-0.3, -0.25) is 0 Å². The molecular formula is C20H24O2Si. The number of rotatable bonds is 1. The van der Waals surface area contributed by atoms with Gasteiger partial charge in [-0.05, 0) is 35.1 Å². The van der Waals surface area contributed by atoms with Crippen molar-refractivity contribution in [2.24, 2.45) is 0 Å². The Morgan fingerprint density at radius 3 is 2.26 bits per heavy atom. The highest BCUT2D eigenvalue weighted by Crippen LogP contribution is 2.35. The van der Waals surface area contributed by atoms with Gasteiger partial charge in [0.25, 0.3) is 0 Å². The van der Waals surface area contributed by atoms with E-state index >= 15 is 0 Å². The summed E-state index contributed by atoms with van der Waals surface area (Å²) < 4.78 is 5.37. The topological polar surface area (TPSA) is 30.2 Å². The minimum Gasteiger partial charge on any atom is -0.414 e. The molecule has 0 fully saturated rings. The largest absolute Gasteiger partial charge is 0.414 e. The van der Waals surface area contributed by atoms with Crippen molar-refractivity contribution in [1.82, 2.24) is 0 Å². The Morgan fingerprint density at radius 1 is 1.09 bits per heavy atom. The molecule has 1 aromatic carbocycles. The zero-order chi connectivity index (χ0) is 17.3. The molecule has 2 nitrogen and oxygen atoms in total. The lowest BCUT2D eigenvalue weighted by molar-refractivity contribution is 0.494. The Hall–Kier alpha value is -2.05. The van der Waals surface area contributed by atoms with E-state index in [1.807, 2.05) is 36.4 Å². The number of hydrogen-bond donors (Lipinski definition) is 0. The van der Waals surface area contributed by atoms with Crippen molar-refractivity contribution in [1.29, 1.82) is 0 Å². The third-order valence-electron chi connectivity index (χ3n) is 4.65. The van der Waals surface area contributed by atoms with Gasteiger partial charge in [0.1, 0.15) is 8.07 Å². The lowest BCUT2D eigenvalue weighted by Gasteiger charge is -2.31. The Kier molecular flexibility index (Phi) is 4.67. The van der Waals surface area contributed by atoms with Gasteiger partial charge in [0.05, 0.1) is 0 Å². The SMILES string of the molecule is Cc1c(-c2ccccc2)cc(C#C[Si](C)(C)C(C)(C)C)oc1=O. The molecule has 2 rings (SSSR count). The molecule has 0 atom stereocenters. The third-order valence-corrected chi connectivity index (χ3v) is 9.15. The van der Waals surface area contributed by atoms with Crippen LogP contribution in [0.25, 0.3) is 11.1 Å². The molecule has 0 bridgehead atoms. The maximum absolute atomic E-state index is 12.1. The third kappa shape index (κ3) is 3.83. The molecular weight excluding hydrogens is 300 g/mol. The van der Waals surface area contributed by atoms with E-state index in [9.17, 15) is 4.79 Å². The van der Waals surface area contributed by atoms with Crippen LogP contribution in [0.5, 0.6) is 0 Å².